The number of aryl methyl sites for hydroxylation is 1. The molecule has 2 N–H and O–H groups in total. The highest BCUT2D eigenvalue weighted by Gasteiger charge is 2.39. The Hall–Kier alpha value is -0.430. The minimum atomic E-state index is -3.47. The summed E-state index contributed by atoms with van der Waals surface area (Å²) in [6, 6.07) is 3.87. The van der Waals surface area contributed by atoms with E-state index in [2.05, 4.69) is 32.9 Å². The zero-order valence-corrected chi connectivity index (χ0v) is 15.1. The van der Waals surface area contributed by atoms with Crippen molar-refractivity contribution in [3.63, 3.8) is 0 Å². The van der Waals surface area contributed by atoms with Gasteiger partial charge in [0, 0.05) is 17.1 Å². The molecule has 0 heterocycles. The number of hydrogen-bond acceptors (Lipinski definition) is 3. The van der Waals surface area contributed by atoms with Gasteiger partial charge in [-0.1, -0.05) is 26.3 Å². The summed E-state index contributed by atoms with van der Waals surface area (Å²) in [7, 11) is -3.47. The molecule has 2 rings (SSSR count). The van der Waals surface area contributed by atoms with E-state index in [1.54, 1.807) is 6.07 Å². The summed E-state index contributed by atoms with van der Waals surface area (Å²) >= 11 is 3.42. The van der Waals surface area contributed by atoms with Crippen LogP contribution in [-0.4, -0.2) is 21.0 Å². The predicted octanol–water partition coefficient (Wildman–Crippen LogP) is 2.94. The lowest BCUT2D eigenvalue weighted by atomic mass is 10.1. The maximum absolute atomic E-state index is 12.6. The van der Waals surface area contributed by atoms with Crippen LogP contribution in [0, 0.1) is 12.8 Å². The fourth-order valence-corrected chi connectivity index (χ4v) is 4.87. The number of nitrogens with one attached hydrogen (secondary N) is 2. The second kappa shape index (κ2) is 6.77. The van der Waals surface area contributed by atoms with Crippen LogP contribution >= 0.6 is 15.9 Å². The van der Waals surface area contributed by atoms with Crippen LogP contribution in [0.15, 0.2) is 21.5 Å². The Bertz CT molecular complexity index is 616. The molecule has 0 amide bonds. The number of rotatable bonds is 7. The van der Waals surface area contributed by atoms with Crippen LogP contribution < -0.4 is 10.0 Å². The van der Waals surface area contributed by atoms with Gasteiger partial charge in [0.1, 0.15) is 0 Å². The minimum Gasteiger partial charge on any atom is -0.313 e. The summed E-state index contributed by atoms with van der Waals surface area (Å²) in [6.07, 6.45) is 1.97. The fourth-order valence-electron chi connectivity index (χ4n) is 2.48. The van der Waals surface area contributed by atoms with E-state index < -0.39 is 10.0 Å². The Kier molecular flexibility index (Phi) is 5.46. The van der Waals surface area contributed by atoms with Gasteiger partial charge >= 0.3 is 0 Å². The third kappa shape index (κ3) is 4.06. The van der Waals surface area contributed by atoms with Crippen LogP contribution in [0.25, 0.3) is 0 Å². The lowest BCUT2D eigenvalue weighted by Gasteiger charge is -2.13. The maximum Gasteiger partial charge on any atom is 0.241 e. The molecule has 1 fully saturated rings. The maximum atomic E-state index is 12.6. The fraction of sp³-hybridized carbons (Fsp3) is 0.600. The topological polar surface area (TPSA) is 58.2 Å². The van der Waals surface area contributed by atoms with E-state index >= 15 is 0 Å². The Labute approximate surface area is 135 Å². The molecule has 4 nitrogen and oxygen atoms in total. The minimum absolute atomic E-state index is 0.102. The van der Waals surface area contributed by atoms with Crippen molar-refractivity contribution in [2.24, 2.45) is 5.92 Å². The average molecular weight is 375 g/mol. The summed E-state index contributed by atoms with van der Waals surface area (Å²) < 4.78 is 28.6. The van der Waals surface area contributed by atoms with Gasteiger partial charge in [-0.3, -0.25) is 0 Å². The van der Waals surface area contributed by atoms with Crippen LogP contribution in [0.4, 0.5) is 0 Å². The van der Waals surface area contributed by atoms with Crippen LogP contribution in [0.1, 0.15) is 37.8 Å². The molecule has 1 aliphatic rings. The lowest BCUT2D eigenvalue weighted by Crippen LogP contribution is -2.27. The summed E-state index contributed by atoms with van der Waals surface area (Å²) in [4.78, 5) is 0.345. The smallest absolute Gasteiger partial charge is 0.241 e. The number of benzene rings is 1. The lowest BCUT2D eigenvalue weighted by molar-refractivity contribution is 0.575. The van der Waals surface area contributed by atoms with Gasteiger partial charge in [-0.2, -0.15) is 0 Å². The Morgan fingerprint density at radius 2 is 2.05 bits per heavy atom. The van der Waals surface area contributed by atoms with Crippen molar-refractivity contribution in [1.82, 2.24) is 10.0 Å². The zero-order valence-electron chi connectivity index (χ0n) is 12.7. The molecule has 0 saturated heterocycles. The van der Waals surface area contributed by atoms with Gasteiger partial charge in [-0.05, 0) is 58.9 Å². The van der Waals surface area contributed by atoms with Crippen LogP contribution in [0.2, 0.25) is 0 Å². The molecule has 2 atom stereocenters. The average Bonchev–Trinajstić information content (AvgIpc) is 3.17. The molecule has 1 aliphatic carbocycles. The zero-order chi connectivity index (χ0) is 15.6. The van der Waals surface area contributed by atoms with Gasteiger partial charge in [-0.15, -0.1) is 0 Å². The largest absolute Gasteiger partial charge is 0.313 e. The Morgan fingerprint density at radius 1 is 1.33 bits per heavy atom. The molecule has 0 radical (unpaired) electrons. The normalized spacial score (nSPS) is 21.5. The highest BCUT2D eigenvalue weighted by Crippen LogP contribution is 2.35. The first kappa shape index (κ1) is 16.9. The van der Waals surface area contributed by atoms with Gasteiger partial charge in [0.25, 0.3) is 0 Å². The molecule has 1 saturated carbocycles. The molecule has 1 aromatic rings. The summed E-state index contributed by atoms with van der Waals surface area (Å²) in [5.41, 5.74) is 1.93. The van der Waals surface area contributed by atoms with Crippen molar-refractivity contribution < 1.29 is 8.42 Å². The number of sulfonamides is 1. The second-order valence-electron chi connectivity index (χ2n) is 5.64. The van der Waals surface area contributed by atoms with Gasteiger partial charge in [0.15, 0.2) is 0 Å². The van der Waals surface area contributed by atoms with Gasteiger partial charge in [-0.25, -0.2) is 13.1 Å². The molecule has 2 unspecified atom stereocenters. The first-order valence-corrected chi connectivity index (χ1v) is 9.68. The summed E-state index contributed by atoms with van der Waals surface area (Å²) in [5, 5.41) is 3.23. The molecule has 1 aromatic carbocycles. The summed E-state index contributed by atoms with van der Waals surface area (Å²) in [6.45, 7) is 7.58. The van der Waals surface area contributed by atoms with Gasteiger partial charge in [0.05, 0.1) is 4.90 Å². The molecule has 0 spiro atoms. The second-order valence-corrected chi connectivity index (χ2v) is 8.11. The van der Waals surface area contributed by atoms with Gasteiger partial charge < -0.3 is 5.32 Å². The van der Waals surface area contributed by atoms with Crippen molar-refractivity contribution in [3.05, 3.63) is 27.7 Å². The van der Waals surface area contributed by atoms with Crippen molar-refractivity contribution >= 4 is 26.0 Å². The molecule has 0 aliphatic heterocycles. The van der Waals surface area contributed by atoms with Gasteiger partial charge in [0.2, 0.25) is 10.0 Å². The third-order valence-electron chi connectivity index (χ3n) is 3.90. The van der Waals surface area contributed by atoms with E-state index in [1.165, 1.54) is 0 Å². The number of hydrogen-bond donors (Lipinski definition) is 2. The molecular weight excluding hydrogens is 352 g/mol. The van der Waals surface area contributed by atoms with Crippen LogP contribution in [0.3, 0.4) is 0 Å². The first-order valence-electron chi connectivity index (χ1n) is 7.41. The molecular formula is C15H23BrN2O2S. The Morgan fingerprint density at radius 3 is 2.62 bits per heavy atom. The molecule has 118 valence electrons. The van der Waals surface area contributed by atoms with Crippen molar-refractivity contribution in [2.45, 2.75) is 51.1 Å². The van der Waals surface area contributed by atoms with Crippen LogP contribution in [-0.2, 0) is 16.6 Å². The first-order chi connectivity index (χ1) is 9.89. The van der Waals surface area contributed by atoms with E-state index in [0.717, 1.165) is 30.5 Å². The quantitative estimate of drug-likeness (QED) is 0.771. The molecule has 6 heteroatoms. The standard InChI is InChI=1S/C15H23BrN2O2S/c1-4-12-8-13(12)18-21(19,20)14-7-11(9-17-5-2)6-10(3)15(14)16/h6-7,12-13,17-18H,4-5,8-9H2,1-3H3. The van der Waals surface area contributed by atoms with E-state index in [1.807, 2.05) is 19.9 Å². The van der Waals surface area contributed by atoms with E-state index in [4.69, 9.17) is 0 Å². The highest BCUT2D eigenvalue weighted by molar-refractivity contribution is 9.10. The molecule has 0 bridgehead atoms. The van der Waals surface area contributed by atoms with Crippen molar-refractivity contribution in [2.75, 3.05) is 6.54 Å². The monoisotopic (exact) mass is 374 g/mol. The van der Waals surface area contributed by atoms with Crippen LogP contribution in [0.5, 0.6) is 0 Å². The summed E-state index contributed by atoms with van der Waals surface area (Å²) in [5.74, 6) is 0.490. The van der Waals surface area contributed by atoms with E-state index in [9.17, 15) is 8.42 Å². The van der Waals surface area contributed by atoms with E-state index in [-0.39, 0.29) is 6.04 Å². The SMILES string of the molecule is CCNCc1cc(C)c(Br)c(S(=O)(=O)NC2CC2CC)c1. The number of halogens is 1. The van der Waals surface area contributed by atoms with Crippen molar-refractivity contribution in [1.29, 1.82) is 0 Å². The molecule has 21 heavy (non-hydrogen) atoms. The van der Waals surface area contributed by atoms with E-state index in [0.29, 0.717) is 21.8 Å². The Balaban J connectivity index is 2.26. The third-order valence-corrected chi connectivity index (χ3v) is 6.73. The highest BCUT2D eigenvalue weighted by atomic mass is 79.9. The molecule has 0 aromatic heterocycles. The predicted molar refractivity (Wildman–Crippen MR) is 88.8 cm³/mol. The van der Waals surface area contributed by atoms with Crippen molar-refractivity contribution in [3.8, 4) is 0 Å².